The molecule has 8 heteroatoms. The number of nitrogens with one attached hydrogen (secondary N) is 2. The van der Waals surface area contributed by atoms with Crippen LogP contribution in [0.1, 0.15) is 24.2 Å². The van der Waals surface area contributed by atoms with Crippen molar-refractivity contribution in [2.75, 3.05) is 18.9 Å². The molecule has 1 fully saturated rings. The van der Waals surface area contributed by atoms with Gasteiger partial charge in [0.25, 0.3) is 11.8 Å². The van der Waals surface area contributed by atoms with Crippen molar-refractivity contribution in [1.82, 2.24) is 15.2 Å². The zero-order chi connectivity index (χ0) is 15.8. The Balaban J connectivity index is 2.40. The van der Waals surface area contributed by atoms with E-state index in [1.807, 2.05) is 0 Å². The van der Waals surface area contributed by atoms with Crippen molar-refractivity contribution in [3.63, 3.8) is 0 Å². The highest BCUT2D eigenvalue weighted by atomic mass is 35.5. The molecule has 0 atom stereocenters. The fourth-order valence-electron chi connectivity index (χ4n) is 2.01. The summed E-state index contributed by atoms with van der Waals surface area (Å²) in [6, 6.07) is 2.92. The van der Waals surface area contributed by atoms with Crippen LogP contribution in [0.5, 0.6) is 0 Å². The average molecular weight is 311 g/mol. The molecule has 0 spiro atoms. The highest BCUT2D eigenvalue weighted by Gasteiger charge is 2.43. The van der Waals surface area contributed by atoms with Gasteiger partial charge in [-0.15, -0.1) is 0 Å². The Bertz CT molecular complexity index is 630. The summed E-state index contributed by atoms with van der Waals surface area (Å²) in [4.78, 5) is 41.2. The fourth-order valence-corrected chi connectivity index (χ4v) is 2.22. The Morgan fingerprint density at radius 1 is 1.43 bits per heavy atom. The molecule has 0 unspecified atom stereocenters. The molecule has 2 rings (SSSR count). The van der Waals surface area contributed by atoms with Gasteiger partial charge in [-0.05, 0) is 26.0 Å². The number of nitrogens with zero attached hydrogens (tertiary/aromatic N) is 2. The fraction of sp³-hybridized carbons (Fsp3) is 0.385. The first-order valence-corrected chi connectivity index (χ1v) is 6.65. The van der Waals surface area contributed by atoms with Crippen LogP contribution in [0.3, 0.4) is 0 Å². The summed E-state index contributed by atoms with van der Waals surface area (Å²) in [5, 5.41) is 5.16. The Morgan fingerprint density at radius 3 is 2.71 bits per heavy atom. The molecule has 0 bridgehead atoms. The van der Waals surface area contributed by atoms with Gasteiger partial charge in [0, 0.05) is 12.6 Å². The minimum atomic E-state index is -1.12. The van der Waals surface area contributed by atoms with E-state index < -0.39 is 23.3 Å². The minimum absolute atomic E-state index is 0.149. The van der Waals surface area contributed by atoms with Gasteiger partial charge in [-0.25, -0.2) is 4.98 Å². The molecule has 0 radical (unpaired) electrons. The zero-order valence-electron chi connectivity index (χ0n) is 11.9. The third kappa shape index (κ3) is 2.82. The third-order valence-corrected chi connectivity index (χ3v) is 3.52. The van der Waals surface area contributed by atoms with Gasteiger partial charge >= 0.3 is 0 Å². The summed E-state index contributed by atoms with van der Waals surface area (Å²) in [5.41, 5.74) is -0.865. The van der Waals surface area contributed by atoms with Gasteiger partial charge in [0.15, 0.2) is 0 Å². The number of hydrogen-bond donors (Lipinski definition) is 2. The number of aromatic nitrogens is 1. The summed E-state index contributed by atoms with van der Waals surface area (Å²) in [7, 11) is 1.65. The molecule has 0 aromatic carbocycles. The Kier molecular flexibility index (Phi) is 3.87. The summed E-state index contributed by atoms with van der Waals surface area (Å²) >= 11 is 5.87. The molecule has 7 nitrogen and oxygen atoms in total. The van der Waals surface area contributed by atoms with Crippen LogP contribution in [-0.2, 0) is 9.59 Å². The average Bonchev–Trinajstić information content (AvgIpc) is 2.41. The molecule has 0 aliphatic carbocycles. The summed E-state index contributed by atoms with van der Waals surface area (Å²) < 4.78 is 0. The monoisotopic (exact) mass is 310 g/mol. The molecule has 1 aromatic heterocycles. The second-order valence-corrected chi connectivity index (χ2v) is 5.53. The van der Waals surface area contributed by atoms with E-state index in [4.69, 9.17) is 11.6 Å². The maximum absolute atomic E-state index is 12.6. The van der Waals surface area contributed by atoms with Crippen molar-refractivity contribution in [1.29, 1.82) is 0 Å². The van der Waals surface area contributed by atoms with Crippen LogP contribution in [0.25, 0.3) is 0 Å². The highest BCUT2D eigenvalue weighted by Crippen LogP contribution is 2.23. The number of carbonyl (C=O) groups is 3. The lowest BCUT2D eigenvalue weighted by Gasteiger charge is -2.40. The van der Waals surface area contributed by atoms with Crippen molar-refractivity contribution in [3.05, 3.63) is 22.8 Å². The van der Waals surface area contributed by atoms with Crippen LogP contribution in [0.2, 0.25) is 5.15 Å². The molecule has 2 N–H and O–H groups in total. The predicted molar refractivity (Wildman–Crippen MR) is 77.1 cm³/mol. The van der Waals surface area contributed by atoms with Crippen molar-refractivity contribution in [3.8, 4) is 0 Å². The standard InChI is InChI=1S/C13H15ClN4O3/c1-13(2)12(21)17-10(19)6-18(13)11(20)7-4-8(14)16-9(5-7)15-3/h4-5H,6H2,1-3H3,(H,15,16)(H,17,19,21). The molecule has 112 valence electrons. The van der Waals surface area contributed by atoms with Crippen LogP contribution >= 0.6 is 11.6 Å². The number of imide groups is 1. The van der Waals surface area contributed by atoms with E-state index in [0.29, 0.717) is 5.82 Å². The molecule has 3 amide bonds. The van der Waals surface area contributed by atoms with E-state index in [2.05, 4.69) is 15.6 Å². The van der Waals surface area contributed by atoms with Crippen molar-refractivity contribution in [2.45, 2.75) is 19.4 Å². The number of piperazine rings is 1. The summed E-state index contributed by atoms with van der Waals surface area (Å²) in [6.07, 6.45) is 0. The number of rotatable bonds is 2. The SMILES string of the molecule is CNc1cc(C(=O)N2CC(=O)NC(=O)C2(C)C)cc(Cl)n1. The molecular formula is C13H15ClN4O3. The van der Waals surface area contributed by atoms with Crippen molar-refractivity contribution >= 4 is 35.1 Å². The van der Waals surface area contributed by atoms with E-state index >= 15 is 0 Å². The maximum Gasteiger partial charge on any atom is 0.255 e. The first kappa shape index (κ1) is 15.2. The van der Waals surface area contributed by atoms with E-state index in [-0.39, 0.29) is 17.3 Å². The topological polar surface area (TPSA) is 91.4 Å². The van der Waals surface area contributed by atoms with Gasteiger partial charge in [0.1, 0.15) is 23.1 Å². The van der Waals surface area contributed by atoms with Gasteiger partial charge in [-0.3, -0.25) is 19.7 Å². The number of anilines is 1. The molecular weight excluding hydrogens is 296 g/mol. The van der Waals surface area contributed by atoms with Gasteiger partial charge in [-0.2, -0.15) is 0 Å². The second-order valence-electron chi connectivity index (χ2n) is 5.14. The Labute approximate surface area is 126 Å². The number of halogens is 1. The van der Waals surface area contributed by atoms with Crippen LogP contribution in [-0.4, -0.2) is 46.7 Å². The molecule has 1 aliphatic heterocycles. The number of amides is 3. The first-order chi connectivity index (χ1) is 9.75. The molecule has 2 heterocycles. The van der Waals surface area contributed by atoms with Crippen molar-refractivity contribution in [2.24, 2.45) is 0 Å². The first-order valence-electron chi connectivity index (χ1n) is 6.27. The van der Waals surface area contributed by atoms with Gasteiger partial charge < -0.3 is 10.2 Å². The lowest BCUT2D eigenvalue weighted by Crippen LogP contribution is -2.65. The molecule has 0 saturated carbocycles. The molecule has 1 saturated heterocycles. The number of carbonyl (C=O) groups excluding carboxylic acids is 3. The normalized spacial score (nSPS) is 17.4. The van der Waals surface area contributed by atoms with Crippen LogP contribution in [0.4, 0.5) is 5.82 Å². The zero-order valence-corrected chi connectivity index (χ0v) is 12.6. The van der Waals surface area contributed by atoms with Gasteiger partial charge in [-0.1, -0.05) is 11.6 Å². The van der Waals surface area contributed by atoms with Gasteiger partial charge in [0.05, 0.1) is 0 Å². The molecule has 1 aliphatic rings. The highest BCUT2D eigenvalue weighted by molar-refractivity contribution is 6.30. The summed E-state index contributed by atoms with van der Waals surface area (Å²) in [5.74, 6) is -1.05. The van der Waals surface area contributed by atoms with E-state index in [9.17, 15) is 14.4 Å². The summed E-state index contributed by atoms with van der Waals surface area (Å²) in [6.45, 7) is 2.97. The van der Waals surface area contributed by atoms with E-state index in [1.165, 1.54) is 17.0 Å². The smallest absolute Gasteiger partial charge is 0.255 e. The van der Waals surface area contributed by atoms with Crippen LogP contribution in [0, 0.1) is 0 Å². The minimum Gasteiger partial charge on any atom is -0.373 e. The van der Waals surface area contributed by atoms with Crippen LogP contribution < -0.4 is 10.6 Å². The quantitative estimate of drug-likeness (QED) is 0.618. The maximum atomic E-state index is 12.6. The second kappa shape index (κ2) is 5.33. The molecule has 21 heavy (non-hydrogen) atoms. The lowest BCUT2D eigenvalue weighted by molar-refractivity contribution is -0.143. The molecule has 1 aromatic rings. The van der Waals surface area contributed by atoms with E-state index in [1.54, 1.807) is 20.9 Å². The number of hydrogen-bond acceptors (Lipinski definition) is 5. The van der Waals surface area contributed by atoms with E-state index in [0.717, 1.165) is 0 Å². The van der Waals surface area contributed by atoms with Crippen molar-refractivity contribution < 1.29 is 14.4 Å². The lowest BCUT2D eigenvalue weighted by atomic mass is 9.97. The largest absolute Gasteiger partial charge is 0.373 e. The Hall–Kier alpha value is -2.15. The third-order valence-electron chi connectivity index (χ3n) is 3.33. The van der Waals surface area contributed by atoms with Gasteiger partial charge in [0.2, 0.25) is 5.91 Å². The van der Waals surface area contributed by atoms with Crippen LogP contribution in [0.15, 0.2) is 12.1 Å². The number of pyridine rings is 1. The predicted octanol–water partition coefficient (Wildman–Crippen LogP) is 0.654. The Morgan fingerprint density at radius 2 is 2.10 bits per heavy atom.